The summed E-state index contributed by atoms with van der Waals surface area (Å²) in [6.45, 7) is 2.54. The maximum absolute atomic E-state index is 12.0. The van der Waals surface area contributed by atoms with Crippen molar-refractivity contribution < 1.29 is 8.42 Å². The molecule has 0 bridgehead atoms. The molecule has 1 aliphatic rings. The average molecular weight is 339 g/mol. The second kappa shape index (κ2) is 5.36. The van der Waals surface area contributed by atoms with Crippen molar-refractivity contribution >= 4 is 37.3 Å². The van der Waals surface area contributed by atoms with Crippen LogP contribution in [0.25, 0.3) is 0 Å². The third kappa shape index (κ3) is 3.29. The van der Waals surface area contributed by atoms with Gasteiger partial charge in [-0.25, -0.2) is 13.1 Å². The Morgan fingerprint density at radius 3 is 2.94 bits per heavy atom. The lowest BCUT2D eigenvalue weighted by molar-refractivity contribution is 0.394. The second-order valence-electron chi connectivity index (χ2n) is 4.32. The second-order valence-corrected chi connectivity index (χ2v) is 8.06. The van der Waals surface area contributed by atoms with Crippen LogP contribution in [-0.2, 0) is 10.0 Å². The van der Waals surface area contributed by atoms with Crippen LogP contribution >= 0.6 is 27.3 Å². The van der Waals surface area contributed by atoms with Crippen LogP contribution in [0.5, 0.6) is 0 Å². The number of rotatable bonds is 4. The molecule has 0 amide bonds. The van der Waals surface area contributed by atoms with Crippen LogP contribution in [0.15, 0.2) is 20.1 Å². The topological polar surface area (TPSA) is 49.4 Å². The lowest BCUT2D eigenvalue weighted by Crippen LogP contribution is -2.30. The number of halogens is 1. The van der Waals surface area contributed by atoms with Crippen LogP contribution in [0.2, 0.25) is 0 Å². The Balaban J connectivity index is 1.97. The number of nitrogens with one attached hydrogen (secondary N) is 1. The van der Waals surface area contributed by atoms with Crippen LogP contribution < -0.4 is 4.72 Å². The predicted molar refractivity (Wildman–Crippen MR) is 72.8 cm³/mol. The van der Waals surface area contributed by atoms with Crippen LogP contribution in [0.1, 0.15) is 6.42 Å². The summed E-state index contributed by atoms with van der Waals surface area (Å²) in [5.41, 5.74) is 0. The first-order valence-corrected chi connectivity index (χ1v) is 8.56. The summed E-state index contributed by atoms with van der Waals surface area (Å²) >= 11 is 4.48. The van der Waals surface area contributed by atoms with E-state index in [1.54, 1.807) is 11.4 Å². The van der Waals surface area contributed by atoms with E-state index in [2.05, 4.69) is 32.6 Å². The van der Waals surface area contributed by atoms with Gasteiger partial charge in [0.2, 0.25) is 0 Å². The number of likely N-dealkylation sites (tertiary alicyclic amines) is 1. The van der Waals surface area contributed by atoms with E-state index in [-0.39, 0.29) is 0 Å². The van der Waals surface area contributed by atoms with Crippen molar-refractivity contribution in [3.05, 3.63) is 15.9 Å². The van der Waals surface area contributed by atoms with Gasteiger partial charge >= 0.3 is 0 Å². The van der Waals surface area contributed by atoms with E-state index in [1.807, 2.05) is 0 Å². The third-order valence-electron chi connectivity index (χ3n) is 2.88. The zero-order chi connectivity index (χ0) is 12.5. The van der Waals surface area contributed by atoms with E-state index < -0.39 is 10.0 Å². The van der Waals surface area contributed by atoms with Crippen LogP contribution in [-0.4, -0.2) is 40.0 Å². The Labute approximate surface area is 114 Å². The minimum atomic E-state index is -3.35. The largest absolute Gasteiger partial charge is 0.306 e. The number of thiophene rings is 1. The molecule has 1 fully saturated rings. The molecule has 0 aromatic carbocycles. The highest BCUT2D eigenvalue weighted by atomic mass is 79.9. The lowest BCUT2D eigenvalue weighted by Gasteiger charge is -2.11. The normalized spacial score (nSPS) is 22.1. The highest BCUT2D eigenvalue weighted by Gasteiger charge is 2.24. The van der Waals surface area contributed by atoms with Crippen molar-refractivity contribution in [3.63, 3.8) is 0 Å². The number of hydrogen-bond donors (Lipinski definition) is 1. The highest BCUT2D eigenvalue weighted by Crippen LogP contribution is 2.27. The molecule has 1 aromatic rings. The first-order chi connectivity index (χ1) is 7.99. The average Bonchev–Trinajstić information content (AvgIpc) is 2.85. The van der Waals surface area contributed by atoms with Gasteiger partial charge in [0, 0.05) is 17.6 Å². The molecule has 0 spiro atoms. The molecule has 96 valence electrons. The van der Waals surface area contributed by atoms with Crippen molar-refractivity contribution in [2.24, 2.45) is 5.92 Å². The van der Waals surface area contributed by atoms with Gasteiger partial charge in [0.25, 0.3) is 10.0 Å². The van der Waals surface area contributed by atoms with Crippen LogP contribution in [0.4, 0.5) is 0 Å². The standard InChI is InChI=1S/C10H15BrN2O2S2/c1-13-4-2-8(7-13)6-12-17(14,15)10-9(11)3-5-16-10/h3,5,8,12H,2,4,6-7H2,1H3. The maximum atomic E-state index is 12.0. The summed E-state index contributed by atoms with van der Waals surface area (Å²) in [6, 6.07) is 1.75. The van der Waals surface area contributed by atoms with Gasteiger partial charge in [0.15, 0.2) is 0 Å². The Morgan fingerprint density at radius 2 is 2.41 bits per heavy atom. The molecule has 4 nitrogen and oxygen atoms in total. The summed E-state index contributed by atoms with van der Waals surface area (Å²) in [7, 11) is -1.29. The smallest absolute Gasteiger partial charge is 0.251 e. The highest BCUT2D eigenvalue weighted by molar-refractivity contribution is 9.10. The monoisotopic (exact) mass is 338 g/mol. The Kier molecular flexibility index (Phi) is 4.25. The maximum Gasteiger partial charge on any atom is 0.251 e. The van der Waals surface area contributed by atoms with E-state index in [9.17, 15) is 8.42 Å². The lowest BCUT2D eigenvalue weighted by atomic mass is 10.1. The fourth-order valence-electron chi connectivity index (χ4n) is 1.96. The molecule has 7 heteroatoms. The minimum absolute atomic E-state index is 0.365. The molecule has 1 unspecified atom stereocenters. The fraction of sp³-hybridized carbons (Fsp3) is 0.600. The molecule has 0 radical (unpaired) electrons. The van der Waals surface area contributed by atoms with Crippen molar-refractivity contribution in [2.75, 3.05) is 26.7 Å². The van der Waals surface area contributed by atoms with Crippen LogP contribution in [0.3, 0.4) is 0 Å². The van der Waals surface area contributed by atoms with Gasteiger partial charge in [-0.05, 0) is 53.3 Å². The van der Waals surface area contributed by atoms with Gasteiger partial charge in [-0.1, -0.05) is 0 Å². The molecular formula is C10H15BrN2O2S2. The summed E-state index contributed by atoms with van der Waals surface area (Å²) in [4.78, 5) is 2.22. The Bertz CT molecular complexity index is 486. The molecule has 1 N–H and O–H groups in total. The summed E-state index contributed by atoms with van der Waals surface area (Å²) in [5.74, 6) is 0.425. The molecule has 17 heavy (non-hydrogen) atoms. The van der Waals surface area contributed by atoms with E-state index in [1.165, 1.54) is 11.3 Å². The number of hydrogen-bond acceptors (Lipinski definition) is 4. The number of nitrogens with zero attached hydrogens (tertiary/aromatic N) is 1. The van der Waals surface area contributed by atoms with Crippen molar-refractivity contribution in [2.45, 2.75) is 10.6 Å². The first-order valence-electron chi connectivity index (χ1n) is 5.40. The van der Waals surface area contributed by atoms with Gasteiger partial charge in [0.05, 0.1) is 0 Å². The summed E-state index contributed by atoms with van der Waals surface area (Å²) in [5, 5.41) is 1.77. The van der Waals surface area contributed by atoms with Gasteiger partial charge in [-0.2, -0.15) is 0 Å². The Hall–Kier alpha value is 0.0500. The predicted octanol–water partition coefficient (Wildman–Crippen LogP) is 1.74. The Morgan fingerprint density at radius 1 is 1.65 bits per heavy atom. The van der Waals surface area contributed by atoms with Gasteiger partial charge in [0.1, 0.15) is 4.21 Å². The van der Waals surface area contributed by atoms with E-state index in [0.717, 1.165) is 19.5 Å². The van der Waals surface area contributed by atoms with Gasteiger partial charge in [-0.15, -0.1) is 11.3 Å². The zero-order valence-electron chi connectivity index (χ0n) is 9.52. The molecule has 1 aliphatic heterocycles. The van der Waals surface area contributed by atoms with Crippen molar-refractivity contribution in [1.29, 1.82) is 0 Å². The molecule has 2 heterocycles. The minimum Gasteiger partial charge on any atom is -0.306 e. The molecule has 0 aliphatic carbocycles. The SMILES string of the molecule is CN1CCC(CNS(=O)(=O)c2sccc2Br)C1. The summed E-state index contributed by atoms with van der Waals surface area (Å²) < 4.78 is 27.7. The molecule has 1 saturated heterocycles. The molecule has 1 aromatic heterocycles. The molecule has 0 saturated carbocycles. The van der Waals surface area contributed by atoms with Gasteiger partial charge < -0.3 is 4.90 Å². The quantitative estimate of drug-likeness (QED) is 0.909. The van der Waals surface area contributed by atoms with Gasteiger partial charge in [-0.3, -0.25) is 0 Å². The van der Waals surface area contributed by atoms with E-state index in [0.29, 0.717) is 21.1 Å². The van der Waals surface area contributed by atoms with Crippen molar-refractivity contribution in [1.82, 2.24) is 9.62 Å². The van der Waals surface area contributed by atoms with Crippen LogP contribution in [0, 0.1) is 5.92 Å². The zero-order valence-corrected chi connectivity index (χ0v) is 12.7. The first kappa shape index (κ1) is 13.5. The number of sulfonamides is 1. The van der Waals surface area contributed by atoms with E-state index >= 15 is 0 Å². The van der Waals surface area contributed by atoms with E-state index in [4.69, 9.17) is 0 Å². The molecule has 1 atom stereocenters. The molecular weight excluding hydrogens is 324 g/mol. The third-order valence-corrected chi connectivity index (χ3v) is 6.97. The van der Waals surface area contributed by atoms with Crippen molar-refractivity contribution in [3.8, 4) is 0 Å². The molecule has 2 rings (SSSR count). The summed E-state index contributed by atoms with van der Waals surface area (Å²) in [6.07, 6.45) is 1.06. The fourth-order valence-corrected chi connectivity index (χ4v) is 5.45.